The molecule has 0 aliphatic rings. The Bertz CT molecular complexity index is 1360. The molecule has 0 atom stereocenters. The van der Waals surface area contributed by atoms with Crippen molar-refractivity contribution in [2.24, 2.45) is 0 Å². The van der Waals surface area contributed by atoms with Crippen LogP contribution in [0.4, 0.5) is 30.7 Å². The summed E-state index contributed by atoms with van der Waals surface area (Å²) in [6.07, 6.45) is -2.93. The van der Waals surface area contributed by atoms with Gasteiger partial charge in [0.1, 0.15) is 5.75 Å². The van der Waals surface area contributed by atoms with Gasteiger partial charge in [-0.05, 0) is 46.5 Å². The summed E-state index contributed by atoms with van der Waals surface area (Å²) in [5, 5.41) is 0.804. The second-order valence-electron chi connectivity index (χ2n) is 7.75. The summed E-state index contributed by atoms with van der Waals surface area (Å²) in [5.74, 6) is -7.92. The zero-order valence-electron chi connectivity index (χ0n) is 17.7. The van der Waals surface area contributed by atoms with Crippen LogP contribution in [0.1, 0.15) is 24.5 Å². The van der Waals surface area contributed by atoms with Crippen molar-refractivity contribution in [3.8, 4) is 16.9 Å². The number of aryl methyl sites for hydroxylation is 1. The van der Waals surface area contributed by atoms with Gasteiger partial charge in [0.15, 0.2) is 29.1 Å². The van der Waals surface area contributed by atoms with Gasteiger partial charge in [0.2, 0.25) is 0 Å². The van der Waals surface area contributed by atoms with Gasteiger partial charge >= 0.3 is 6.11 Å². The molecular weight excluding hydrogens is 461 g/mol. The molecule has 0 heterocycles. The van der Waals surface area contributed by atoms with Crippen molar-refractivity contribution >= 4 is 10.8 Å². The Hall–Kier alpha value is -3.55. The van der Waals surface area contributed by atoms with Gasteiger partial charge in [-0.2, -0.15) is 8.78 Å². The van der Waals surface area contributed by atoms with Crippen LogP contribution in [0.15, 0.2) is 60.7 Å². The van der Waals surface area contributed by atoms with Crippen LogP contribution in [0.25, 0.3) is 21.9 Å². The predicted molar refractivity (Wildman–Crippen MR) is 114 cm³/mol. The molecule has 1 nitrogen and oxygen atoms in total. The largest absolute Gasteiger partial charge is 0.429 e. The molecule has 0 spiro atoms. The van der Waals surface area contributed by atoms with Crippen LogP contribution >= 0.6 is 0 Å². The maximum absolute atomic E-state index is 14.6. The lowest BCUT2D eigenvalue weighted by molar-refractivity contribution is -0.185. The van der Waals surface area contributed by atoms with E-state index in [1.807, 2.05) is 6.92 Å². The summed E-state index contributed by atoms with van der Waals surface area (Å²) >= 11 is 0. The maximum Gasteiger partial charge on any atom is 0.426 e. The molecule has 0 saturated carbocycles. The van der Waals surface area contributed by atoms with Crippen molar-refractivity contribution < 1.29 is 35.5 Å². The molecule has 0 unspecified atom stereocenters. The van der Waals surface area contributed by atoms with Gasteiger partial charge in [-0.15, -0.1) is 0 Å². The Kier molecular flexibility index (Phi) is 6.25. The first-order chi connectivity index (χ1) is 16.1. The number of hydrogen-bond acceptors (Lipinski definition) is 1. The van der Waals surface area contributed by atoms with E-state index < -0.39 is 46.5 Å². The highest BCUT2D eigenvalue weighted by molar-refractivity contribution is 5.88. The van der Waals surface area contributed by atoms with Crippen LogP contribution in [0.3, 0.4) is 0 Å². The van der Waals surface area contributed by atoms with E-state index in [-0.39, 0.29) is 11.1 Å². The molecule has 34 heavy (non-hydrogen) atoms. The first kappa shape index (κ1) is 23.6. The van der Waals surface area contributed by atoms with E-state index in [0.29, 0.717) is 41.3 Å². The molecule has 0 radical (unpaired) electrons. The summed E-state index contributed by atoms with van der Waals surface area (Å²) in [7, 11) is 0. The summed E-state index contributed by atoms with van der Waals surface area (Å²) in [5.41, 5.74) is 0.0497. The average molecular weight is 478 g/mol. The maximum atomic E-state index is 14.6. The number of halogens is 7. The molecule has 0 aliphatic heterocycles. The molecule has 0 aromatic heterocycles. The average Bonchev–Trinajstić information content (AvgIpc) is 2.80. The minimum absolute atomic E-state index is 0.0392. The lowest BCUT2D eigenvalue weighted by atomic mass is 9.97. The Morgan fingerprint density at radius 2 is 1.35 bits per heavy atom. The standard InChI is InChI=1S/C26H17F7O/c1-2-3-14-7-9-20(24(30)23(14)29)17-5-4-16-11-18(8-6-15(16)10-17)26(32,33)34-19-12-21(27)25(31)22(28)13-19/h4-13H,2-3H2,1H3. The zero-order chi connectivity index (χ0) is 24.6. The molecule has 4 aromatic carbocycles. The van der Waals surface area contributed by atoms with Gasteiger partial charge in [0.05, 0.1) is 5.56 Å². The van der Waals surface area contributed by atoms with Crippen LogP contribution < -0.4 is 4.74 Å². The van der Waals surface area contributed by atoms with Gasteiger partial charge in [-0.25, -0.2) is 22.0 Å². The molecule has 4 aromatic rings. The van der Waals surface area contributed by atoms with E-state index in [2.05, 4.69) is 4.74 Å². The summed E-state index contributed by atoms with van der Waals surface area (Å²) in [6, 6.07) is 11.5. The van der Waals surface area contributed by atoms with Crippen LogP contribution in [-0.4, -0.2) is 0 Å². The highest BCUT2D eigenvalue weighted by Crippen LogP contribution is 2.36. The Labute approximate surface area is 190 Å². The van der Waals surface area contributed by atoms with Crippen LogP contribution in [-0.2, 0) is 12.5 Å². The lowest BCUT2D eigenvalue weighted by Crippen LogP contribution is -2.22. The van der Waals surface area contributed by atoms with Crippen molar-refractivity contribution in [3.63, 3.8) is 0 Å². The van der Waals surface area contributed by atoms with E-state index >= 15 is 0 Å². The quantitative estimate of drug-likeness (QED) is 0.200. The number of benzene rings is 4. The molecule has 0 aliphatic carbocycles. The Morgan fingerprint density at radius 3 is 2.03 bits per heavy atom. The summed E-state index contributed by atoms with van der Waals surface area (Å²) in [6.45, 7) is 1.85. The number of fused-ring (bicyclic) bond motifs is 1. The second-order valence-corrected chi connectivity index (χ2v) is 7.75. The lowest BCUT2D eigenvalue weighted by Gasteiger charge is -2.19. The minimum atomic E-state index is -3.99. The van der Waals surface area contributed by atoms with Crippen molar-refractivity contribution in [2.75, 3.05) is 0 Å². The predicted octanol–water partition coefficient (Wildman–Crippen LogP) is 8.28. The monoisotopic (exact) mass is 478 g/mol. The number of ether oxygens (including phenoxy) is 1. The molecule has 0 N–H and O–H groups in total. The van der Waals surface area contributed by atoms with Gasteiger partial charge in [-0.3, -0.25) is 0 Å². The fraction of sp³-hybridized carbons (Fsp3) is 0.154. The first-order valence-electron chi connectivity index (χ1n) is 10.3. The molecule has 0 amide bonds. The topological polar surface area (TPSA) is 9.23 Å². The van der Waals surface area contributed by atoms with Crippen molar-refractivity contribution in [1.82, 2.24) is 0 Å². The third-order valence-corrected chi connectivity index (χ3v) is 5.37. The molecular formula is C26H17F7O. The third kappa shape index (κ3) is 4.44. The van der Waals surface area contributed by atoms with Crippen molar-refractivity contribution in [2.45, 2.75) is 25.9 Å². The smallest absolute Gasteiger partial charge is 0.426 e. The fourth-order valence-corrected chi connectivity index (χ4v) is 3.67. The van der Waals surface area contributed by atoms with Crippen LogP contribution in [0, 0.1) is 29.1 Å². The normalized spacial score (nSPS) is 11.8. The third-order valence-electron chi connectivity index (χ3n) is 5.37. The van der Waals surface area contributed by atoms with E-state index in [4.69, 9.17) is 0 Å². The summed E-state index contributed by atoms with van der Waals surface area (Å²) < 4.78 is 102. The molecule has 4 rings (SSSR count). The van der Waals surface area contributed by atoms with Gasteiger partial charge in [0.25, 0.3) is 0 Å². The fourth-order valence-electron chi connectivity index (χ4n) is 3.67. The number of rotatable bonds is 6. The highest BCUT2D eigenvalue weighted by atomic mass is 19.3. The SMILES string of the molecule is CCCc1ccc(-c2ccc3cc(C(F)(F)Oc4cc(F)c(F)c(F)c4)ccc3c2)c(F)c1F. The van der Waals surface area contributed by atoms with Crippen LogP contribution in [0.5, 0.6) is 5.75 Å². The molecule has 0 fully saturated rings. The molecule has 176 valence electrons. The zero-order valence-corrected chi connectivity index (χ0v) is 17.7. The minimum Gasteiger partial charge on any atom is -0.429 e. The Morgan fingerprint density at radius 1 is 0.706 bits per heavy atom. The summed E-state index contributed by atoms with van der Waals surface area (Å²) in [4.78, 5) is 0. The second kappa shape index (κ2) is 9.00. The number of alkyl halides is 2. The van der Waals surface area contributed by atoms with Crippen molar-refractivity contribution in [3.05, 3.63) is 101 Å². The molecule has 0 saturated heterocycles. The van der Waals surface area contributed by atoms with Gasteiger partial charge < -0.3 is 4.74 Å². The number of hydrogen-bond donors (Lipinski definition) is 0. The highest BCUT2D eigenvalue weighted by Gasteiger charge is 2.35. The first-order valence-corrected chi connectivity index (χ1v) is 10.3. The van der Waals surface area contributed by atoms with Crippen LogP contribution in [0.2, 0.25) is 0 Å². The Balaban J connectivity index is 1.66. The van der Waals surface area contributed by atoms with Crippen molar-refractivity contribution in [1.29, 1.82) is 0 Å². The van der Waals surface area contributed by atoms with Gasteiger partial charge in [0, 0.05) is 17.7 Å². The van der Waals surface area contributed by atoms with E-state index in [1.54, 1.807) is 0 Å². The molecule has 8 heteroatoms. The van der Waals surface area contributed by atoms with E-state index in [1.165, 1.54) is 36.4 Å². The van der Waals surface area contributed by atoms with E-state index in [0.717, 1.165) is 12.1 Å². The molecule has 0 bridgehead atoms. The van der Waals surface area contributed by atoms with E-state index in [9.17, 15) is 30.7 Å². The van der Waals surface area contributed by atoms with Gasteiger partial charge in [-0.1, -0.05) is 43.7 Å².